The lowest BCUT2D eigenvalue weighted by Gasteiger charge is -2.24. The number of alkyl halides is 3. The van der Waals surface area contributed by atoms with Gasteiger partial charge >= 0.3 is 17.4 Å². The van der Waals surface area contributed by atoms with Crippen molar-refractivity contribution in [1.29, 1.82) is 5.26 Å². The van der Waals surface area contributed by atoms with Gasteiger partial charge in [-0.15, -0.1) is 11.3 Å². The van der Waals surface area contributed by atoms with Crippen molar-refractivity contribution in [2.45, 2.75) is 57.2 Å². The highest BCUT2D eigenvalue weighted by Gasteiger charge is 2.40. The largest absolute Gasteiger partial charge is 0.609 e. The summed E-state index contributed by atoms with van der Waals surface area (Å²) in [5.41, 5.74) is -5.04. The summed E-state index contributed by atoms with van der Waals surface area (Å²) >= 11 is -1.19. The number of anilines is 2. The highest BCUT2D eigenvalue weighted by Crippen LogP contribution is 2.49. The van der Waals surface area contributed by atoms with Crippen LogP contribution in [0.5, 0.6) is 0 Å². The molecule has 1 unspecified atom stereocenters. The molecule has 0 saturated carbocycles. The lowest BCUT2D eigenvalue weighted by atomic mass is 9.92. The van der Waals surface area contributed by atoms with Crippen molar-refractivity contribution in [2.75, 3.05) is 37.1 Å². The summed E-state index contributed by atoms with van der Waals surface area (Å²) in [5.74, 6) is -3.40. The predicted octanol–water partition coefficient (Wildman–Crippen LogP) is 7.07. The number of nitriles is 1. The molecule has 6 rings (SSSR count). The zero-order valence-electron chi connectivity index (χ0n) is 29.1. The molecule has 19 heteroatoms. The topological polar surface area (TPSA) is 152 Å². The first-order valence-corrected chi connectivity index (χ1v) is 18.3. The number of carbonyl (C=O) groups excluding carboxylic acids is 2. The molecule has 5 aromatic rings. The molecule has 0 saturated heterocycles. The normalized spacial score (nSPS) is 14.1. The van der Waals surface area contributed by atoms with E-state index in [2.05, 4.69) is 20.4 Å². The quantitative estimate of drug-likeness (QED) is 0.112. The molecule has 12 nitrogen and oxygen atoms in total. The Morgan fingerprint density at radius 3 is 2.45 bits per heavy atom. The summed E-state index contributed by atoms with van der Waals surface area (Å²) in [5, 5.41) is 15.6. The van der Waals surface area contributed by atoms with Crippen molar-refractivity contribution >= 4 is 66.3 Å². The Morgan fingerprint density at radius 2 is 1.83 bits per heavy atom. The van der Waals surface area contributed by atoms with E-state index < -0.39 is 79.0 Å². The predicted molar refractivity (Wildman–Crippen MR) is 188 cm³/mol. The van der Waals surface area contributed by atoms with E-state index in [9.17, 15) is 19.4 Å². The average Bonchev–Trinajstić information content (AvgIpc) is 3.55. The number of nitrogens with one attached hydrogen (secondary N) is 1. The zero-order valence-corrected chi connectivity index (χ0v) is 30.7. The molecule has 0 radical (unpaired) electrons. The van der Waals surface area contributed by atoms with Crippen LogP contribution in [0.25, 0.3) is 32.1 Å². The molecule has 1 atom stereocenters. The Kier molecular flexibility index (Phi) is 9.76. The molecule has 1 aliphatic heterocycles. The third kappa shape index (κ3) is 7.18. The van der Waals surface area contributed by atoms with Gasteiger partial charge in [-0.3, -0.25) is 14.8 Å². The summed E-state index contributed by atoms with van der Waals surface area (Å²) in [6.07, 6.45) is -4.64. The number of hydrogen-bond acceptors (Lipinski definition) is 10. The van der Waals surface area contributed by atoms with E-state index in [1.165, 1.54) is 17.2 Å². The SMILES string of the molecule is CN(C)C(=O)c1cc2n(n1)CCCN(c1nc([S+](C)[O-])nc3c(F)c(-c4c(F)ccc5sc(NC(=O)OC(C)(C)C)c(C#N)c45)c(C(F)(F)F)cc13)C2. The highest BCUT2D eigenvalue weighted by molar-refractivity contribution is 7.90. The van der Waals surface area contributed by atoms with Crippen molar-refractivity contribution in [3.05, 3.63) is 58.4 Å². The molecule has 2 amide bonds. The Morgan fingerprint density at radius 1 is 1.11 bits per heavy atom. The van der Waals surface area contributed by atoms with Crippen LogP contribution < -0.4 is 10.2 Å². The van der Waals surface area contributed by atoms with Crippen LogP contribution in [-0.2, 0) is 35.2 Å². The number of thiophene rings is 1. The first-order valence-electron chi connectivity index (χ1n) is 15.9. The van der Waals surface area contributed by atoms with E-state index in [0.29, 0.717) is 24.7 Å². The fraction of sp³-hybridized carbons (Fsp3) is 0.353. The van der Waals surface area contributed by atoms with E-state index in [-0.39, 0.29) is 45.6 Å². The summed E-state index contributed by atoms with van der Waals surface area (Å²) in [4.78, 5) is 36.5. The van der Waals surface area contributed by atoms with E-state index >= 15 is 22.0 Å². The first-order chi connectivity index (χ1) is 24.8. The van der Waals surface area contributed by atoms with E-state index in [0.717, 1.165) is 17.4 Å². The van der Waals surface area contributed by atoms with Crippen molar-refractivity contribution in [2.24, 2.45) is 0 Å². The fourth-order valence-electron chi connectivity index (χ4n) is 6.01. The summed E-state index contributed by atoms with van der Waals surface area (Å²) in [6, 6.07) is 6.01. The fourth-order valence-corrected chi connectivity index (χ4v) is 7.49. The van der Waals surface area contributed by atoms with Gasteiger partial charge in [0.15, 0.2) is 11.5 Å². The monoisotopic (exact) mass is 774 g/mol. The maximum Gasteiger partial charge on any atom is 0.417 e. The Hall–Kier alpha value is -5.06. The standard InChI is InChI=1S/C34H31F5N8O4S2/c1-33(2,3)51-32(49)43-29-18(14-40)23-22(52-29)9-8-20(35)25(23)24-19(34(37,38)39)13-17-27(26(24)36)41-31(53(6)50)42-28(17)46-10-7-11-47-16(15-46)12-21(44-47)30(48)45(4)5/h8-9,12-13H,7,10-11,15H2,1-6H3,(H,43,49). The number of amides is 2. The minimum absolute atomic E-state index is 0.0118. The van der Waals surface area contributed by atoms with Gasteiger partial charge in [0.05, 0.1) is 23.4 Å². The van der Waals surface area contributed by atoms with Crippen LogP contribution in [-0.4, -0.2) is 73.7 Å². The third-order valence-electron chi connectivity index (χ3n) is 8.17. The van der Waals surface area contributed by atoms with E-state index in [4.69, 9.17) is 4.74 Å². The molecular weight excluding hydrogens is 744 g/mol. The lowest BCUT2D eigenvalue weighted by Crippen LogP contribution is -2.27. The van der Waals surface area contributed by atoms with Gasteiger partial charge in [-0.05, 0) is 51.5 Å². The number of fused-ring (bicyclic) bond motifs is 3. The van der Waals surface area contributed by atoms with Crippen LogP contribution in [0.2, 0.25) is 0 Å². The van der Waals surface area contributed by atoms with Crippen LogP contribution >= 0.6 is 11.3 Å². The van der Waals surface area contributed by atoms with Gasteiger partial charge in [0.1, 0.15) is 40.1 Å². The minimum Gasteiger partial charge on any atom is -0.609 e. The smallest absolute Gasteiger partial charge is 0.417 e. The number of nitrogens with zero attached hydrogens (tertiary/aromatic N) is 7. The Bertz CT molecular complexity index is 2340. The second-order valence-electron chi connectivity index (χ2n) is 13.4. The first kappa shape index (κ1) is 37.7. The molecular formula is C34H31F5N8O4S2. The van der Waals surface area contributed by atoms with Gasteiger partial charge in [-0.2, -0.15) is 33.5 Å². The number of carbonyl (C=O) groups is 2. The van der Waals surface area contributed by atoms with Crippen molar-refractivity contribution in [1.82, 2.24) is 24.6 Å². The van der Waals surface area contributed by atoms with Gasteiger partial charge in [0.2, 0.25) is 0 Å². The summed E-state index contributed by atoms with van der Waals surface area (Å²) in [7, 11) is 3.12. The number of benzene rings is 2. The number of rotatable bonds is 5. The van der Waals surface area contributed by atoms with Crippen LogP contribution in [0.3, 0.4) is 0 Å². The lowest BCUT2D eigenvalue weighted by molar-refractivity contribution is -0.137. The van der Waals surface area contributed by atoms with Crippen molar-refractivity contribution in [3.8, 4) is 17.2 Å². The van der Waals surface area contributed by atoms with Crippen molar-refractivity contribution < 1.29 is 40.8 Å². The van der Waals surface area contributed by atoms with E-state index in [1.807, 2.05) is 6.07 Å². The molecule has 278 valence electrons. The number of aryl methyl sites for hydroxylation is 1. The molecule has 0 fully saturated rings. The third-order valence-corrected chi connectivity index (χ3v) is 9.94. The summed E-state index contributed by atoms with van der Waals surface area (Å²) < 4.78 is 98.0. The maximum absolute atomic E-state index is 17.1. The number of ether oxygens (including phenoxy) is 1. The van der Waals surface area contributed by atoms with Gasteiger partial charge in [0.25, 0.3) is 5.91 Å². The van der Waals surface area contributed by atoms with Gasteiger partial charge in [-0.25, -0.2) is 13.6 Å². The van der Waals surface area contributed by atoms with Crippen LogP contribution in [0.4, 0.5) is 37.6 Å². The van der Waals surface area contributed by atoms with Gasteiger partial charge < -0.3 is 19.1 Å². The Labute approximate surface area is 306 Å². The molecule has 3 aromatic heterocycles. The van der Waals surface area contributed by atoms with Crippen LogP contribution in [0, 0.1) is 23.0 Å². The van der Waals surface area contributed by atoms with Crippen LogP contribution in [0.15, 0.2) is 29.4 Å². The average molecular weight is 775 g/mol. The number of halogens is 5. The second kappa shape index (κ2) is 13.7. The Balaban J connectivity index is 1.60. The van der Waals surface area contributed by atoms with Crippen LogP contribution in [0.1, 0.15) is 54.5 Å². The molecule has 0 spiro atoms. The zero-order chi connectivity index (χ0) is 38.7. The van der Waals surface area contributed by atoms with Gasteiger partial charge in [0, 0.05) is 65.0 Å². The molecule has 0 aliphatic carbocycles. The maximum atomic E-state index is 17.1. The highest BCUT2D eigenvalue weighted by atomic mass is 32.2. The number of hydrogen-bond donors (Lipinski definition) is 1. The molecule has 4 heterocycles. The molecule has 1 aliphatic rings. The molecule has 0 bridgehead atoms. The molecule has 2 aromatic carbocycles. The van der Waals surface area contributed by atoms with E-state index in [1.54, 1.807) is 50.5 Å². The number of aromatic nitrogens is 4. The molecule has 1 N–H and O–H groups in total. The second-order valence-corrected chi connectivity index (χ2v) is 15.7. The summed E-state index contributed by atoms with van der Waals surface area (Å²) in [6.45, 7) is 5.33. The minimum atomic E-state index is -5.28. The van der Waals surface area contributed by atoms with Gasteiger partial charge in [-0.1, -0.05) is 0 Å². The molecule has 53 heavy (non-hydrogen) atoms. The van der Waals surface area contributed by atoms with Crippen molar-refractivity contribution in [3.63, 3.8) is 0 Å².